The van der Waals surface area contributed by atoms with Crippen molar-refractivity contribution in [2.24, 2.45) is 5.92 Å². The van der Waals surface area contributed by atoms with Gasteiger partial charge in [0.1, 0.15) is 0 Å². The SMILES string of the molecule is CCN(CC(=O)O)C1CCN(C(=O)NC2CCC(Cc3ccccc3)C2)CC1. The Kier molecular flexibility index (Phi) is 7.31. The number of nitrogens with one attached hydrogen (secondary N) is 1. The van der Waals surface area contributed by atoms with Crippen molar-refractivity contribution >= 4 is 12.0 Å². The lowest BCUT2D eigenvalue weighted by Gasteiger charge is -2.37. The van der Waals surface area contributed by atoms with Crippen molar-refractivity contribution in [3.63, 3.8) is 0 Å². The highest BCUT2D eigenvalue weighted by Gasteiger charge is 2.30. The second kappa shape index (κ2) is 9.92. The monoisotopic (exact) mass is 387 g/mol. The van der Waals surface area contributed by atoms with E-state index in [-0.39, 0.29) is 24.7 Å². The highest BCUT2D eigenvalue weighted by molar-refractivity contribution is 5.74. The van der Waals surface area contributed by atoms with E-state index in [0.29, 0.717) is 19.0 Å². The second-order valence-electron chi connectivity index (χ2n) is 8.19. The number of amides is 2. The third-order valence-electron chi connectivity index (χ3n) is 6.25. The molecule has 2 N–H and O–H groups in total. The summed E-state index contributed by atoms with van der Waals surface area (Å²) in [5.41, 5.74) is 1.38. The molecule has 154 valence electrons. The Morgan fingerprint density at radius 1 is 1.14 bits per heavy atom. The number of urea groups is 1. The van der Waals surface area contributed by atoms with Gasteiger partial charge in [-0.2, -0.15) is 0 Å². The molecule has 1 aromatic carbocycles. The minimum Gasteiger partial charge on any atom is -0.480 e. The maximum Gasteiger partial charge on any atom is 0.317 e. The molecule has 1 aliphatic carbocycles. The molecular formula is C22H33N3O3. The highest BCUT2D eigenvalue weighted by atomic mass is 16.4. The third-order valence-corrected chi connectivity index (χ3v) is 6.25. The third kappa shape index (κ3) is 5.71. The van der Waals surface area contributed by atoms with Crippen LogP contribution < -0.4 is 5.32 Å². The average molecular weight is 388 g/mol. The van der Waals surface area contributed by atoms with Crippen molar-refractivity contribution in [3.05, 3.63) is 35.9 Å². The molecule has 1 aromatic rings. The maximum atomic E-state index is 12.6. The molecule has 1 heterocycles. The minimum atomic E-state index is -0.784. The molecule has 6 nitrogen and oxygen atoms in total. The number of nitrogens with zero attached hydrogens (tertiary/aromatic N) is 2. The summed E-state index contributed by atoms with van der Waals surface area (Å²) in [5, 5.41) is 12.3. The van der Waals surface area contributed by atoms with Gasteiger partial charge in [0.25, 0.3) is 0 Å². The largest absolute Gasteiger partial charge is 0.480 e. The number of likely N-dealkylation sites (tertiary alicyclic amines) is 1. The van der Waals surface area contributed by atoms with Crippen molar-refractivity contribution in [2.45, 2.75) is 57.5 Å². The lowest BCUT2D eigenvalue weighted by atomic mass is 9.98. The van der Waals surface area contributed by atoms with E-state index < -0.39 is 5.97 Å². The lowest BCUT2D eigenvalue weighted by Crippen LogP contribution is -2.51. The summed E-state index contributed by atoms with van der Waals surface area (Å²) in [6, 6.07) is 11.2. The summed E-state index contributed by atoms with van der Waals surface area (Å²) < 4.78 is 0. The van der Waals surface area contributed by atoms with Gasteiger partial charge >= 0.3 is 12.0 Å². The molecule has 3 rings (SSSR count). The van der Waals surface area contributed by atoms with Crippen LogP contribution in [-0.4, -0.2) is 65.2 Å². The predicted molar refractivity (Wildman–Crippen MR) is 109 cm³/mol. The molecule has 1 aliphatic heterocycles. The first-order valence-electron chi connectivity index (χ1n) is 10.6. The number of carboxylic acid groups (broad SMARTS) is 1. The lowest BCUT2D eigenvalue weighted by molar-refractivity contribution is -0.139. The summed E-state index contributed by atoms with van der Waals surface area (Å²) in [7, 11) is 0. The first-order chi connectivity index (χ1) is 13.5. The zero-order valence-electron chi connectivity index (χ0n) is 16.8. The van der Waals surface area contributed by atoms with Gasteiger partial charge in [0.05, 0.1) is 6.54 Å². The van der Waals surface area contributed by atoms with E-state index in [0.717, 1.165) is 38.6 Å². The van der Waals surface area contributed by atoms with Gasteiger partial charge < -0.3 is 15.3 Å². The zero-order valence-corrected chi connectivity index (χ0v) is 16.8. The first-order valence-corrected chi connectivity index (χ1v) is 10.6. The Morgan fingerprint density at radius 2 is 1.86 bits per heavy atom. The number of benzene rings is 1. The highest BCUT2D eigenvalue weighted by Crippen LogP contribution is 2.29. The average Bonchev–Trinajstić information content (AvgIpc) is 3.13. The van der Waals surface area contributed by atoms with Crippen molar-refractivity contribution in [3.8, 4) is 0 Å². The van der Waals surface area contributed by atoms with Gasteiger partial charge in [-0.3, -0.25) is 9.69 Å². The van der Waals surface area contributed by atoms with E-state index >= 15 is 0 Å². The molecule has 0 radical (unpaired) electrons. The number of rotatable bonds is 7. The molecular weight excluding hydrogens is 354 g/mol. The number of carbonyl (C=O) groups is 2. The summed E-state index contributed by atoms with van der Waals surface area (Å²) in [6.07, 6.45) is 6.06. The van der Waals surface area contributed by atoms with E-state index in [9.17, 15) is 9.59 Å². The number of hydrogen-bond donors (Lipinski definition) is 2. The van der Waals surface area contributed by atoms with Crippen LogP contribution >= 0.6 is 0 Å². The standard InChI is InChI=1S/C22H33N3O3/c1-2-24(16-21(26)27)20-10-12-25(13-11-20)22(28)23-19-9-8-18(15-19)14-17-6-4-3-5-7-17/h3-7,18-20H,2,8-16H2,1H3,(H,23,28)(H,26,27). The Hall–Kier alpha value is -2.08. The molecule has 0 aromatic heterocycles. The predicted octanol–water partition coefficient (Wildman–Crippen LogP) is 2.98. The minimum absolute atomic E-state index is 0.0464. The molecule has 2 amide bonds. The quantitative estimate of drug-likeness (QED) is 0.754. The summed E-state index contributed by atoms with van der Waals surface area (Å²) in [4.78, 5) is 27.6. The molecule has 1 saturated heterocycles. The van der Waals surface area contributed by atoms with Crippen LogP contribution in [0.25, 0.3) is 0 Å². The Labute approximate surface area is 167 Å². The van der Waals surface area contributed by atoms with E-state index in [4.69, 9.17) is 5.11 Å². The fourth-order valence-electron chi connectivity index (χ4n) is 4.71. The fraction of sp³-hybridized carbons (Fsp3) is 0.636. The van der Waals surface area contributed by atoms with Gasteiger partial charge in [-0.1, -0.05) is 37.3 Å². The van der Waals surface area contributed by atoms with Crippen molar-refractivity contribution in [2.75, 3.05) is 26.2 Å². The number of likely N-dealkylation sites (N-methyl/N-ethyl adjacent to an activating group) is 1. The van der Waals surface area contributed by atoms with Gasteiger partial charge in [-0.05, 0) is 56.6 Å². The molecule has 1 saturated carbocycles. The van der Waals surface area contributed by atoms with Gasteiger partial charge in [-0.15, -0.1) is 0 Å². The first kappa shape index (κ1) is 20.6. The van der Waals surface area contributed by atoms with Crippen molar-refractivity contribution < 1.29 is 14.7 Å². The van der Waals surface area contributed by atoms with E-state index in [1.165, 1.54) is 12.0 Å². The van der Waals surface area contributed by atoms with Gasteiger partial charge in [0.2, 0.25) is 0 Å². The van der Waals surface area contributed by atoms with Crippen molar-refractivity contribution in [1.29, 1.82) is 0 Å². The van der Waals surface area contributed by atoms with Crippen LogP contribution in [0, 0.1) is 5.92 Å². The molecule has 2 fully saturated rings. The fourth-order valence-corrected chi connectivity index (χ4v) is 4.71. The van der Waals surface area contributed by atoms with Crippen LogP contribution in [0.2, 0.25) is 0 Å². The Morgan fingerprint density at radius 3 is 2.50 bits per heavy atom. The summed E-state index contributed by atoms with van der Waals surface area (Å²) in [5.74, 6) is -0.138. The summed E-state index contributed by atoms with van der Waals surface area (Å²) >= 11 is 0. The van der Waals surface area contributed by atoms with Crippen LogP contribution in [-0.2, 0) is 11.2 Å². The van der Waals surface area contributed by atoms with E-state index in [1.807, 2.05) is 22.8 Å². The van der Waals surface area contributed by atoms with E-state index in [1.54, 1.807) is 0 Å². The van der Waals surface area contributed by atoms with Crippen LogP contribution in [0.1, 0.15) is 44.6 Å². The van der Waals surface area contributed by atoms with Crippen LogP contribution in [0.15, 0.2) is 30.3 Å². The second-order valence-corrected chi connectivity index (χ2v) is 8.19. The van der Waals surface area contributed by atoms with Crippen LogP contribution in [0.3, 0.4) is 0 Å². The zero-order chi connectivity index (χ0) is 19.9. The van der Waals surface area contributed by atoms with Gasteiger partial charge in [-0.25, -0.2) is 4.79 Å². The molecule has 2 aliphatic rings. The summed E-state index contributed by atoms with van der Waals surface area (Å²) in [6.45, 7) is 4.21. The number of piperidine rings is 1. The van der Waals surface area contributed by atoms with E-state index in [2.05, 4.69) is 29.6 Å². The molecule has 0 spiro atoms. The number of carboxylic acids is 1. The number of carbonyl (C=O) groups excluding carboxylic acids is 1. The molecule has 28 heavy (non-hydrogen) atoms. The Balaban J connectivity index is 1.40. The van der Waals surface area contributed by atoms with Gasteiger partial charge in [0.15, 0.2) is 0 Å². The molecule has 2 atom stereocenters. The van der Waals surface area contributed by atoms with Gasteiger partial charge in [0, 0.05) is 25.2 Å². The molecule has 0 bridgehead atoms. The smallest absolute Gasteiger partial charge is 0.317 e. The van der Waals surface area contributed by atoms with Crippen LogP contribution in [0.5, 0.6) is 0 Å². The Bertz CT molecular complexity index is 644. The number of aliphatic carboxylic acids is 1. The number of hydrogen-bond acceptors (Lipinski definition) is 3. The maximum absolute atomic E-state index is 12.6. The topological polar surface area (TPSA) is 72.9 Å². The van der Waals surface area contributed by atoms with Crippen LogP contribution in [0.4, 0.5) is 4.79 Å². The molecule has 2 unspecified atom stereocenters. The molecule has 6 heteroatoms. The normalized spacial score (nSPS) is 23.1. The van der Waals surface area contributed by atoms with Crippen molar-refractivity contribution in [1.82, 2.24) is 15.1 Å².